The van der Waals surface area contributed by atoms with E-state index in [0.717, 1.165) is 18.4 Å². The molecule has 5 heteroatoms. The van der Waals surface area contributed by atoms with Gasteiger partial charge in [-0.1, -0.05) is 17.7 Å². The van der Waals surface area contributed by atoms with E-state index in [-0.39, 0.29) is 24.9 Å². The van der Waals surface area contributed by atoms with Gasteiger partial charge in [-0.05, 0) is 37.5 Å². The van der Waals surface area contributed by atoms with Gasteiger partial charge in [0, 0.05) is 12.6 Å². The molecular formula is C14H16ClNO3. The number of amides is 1. The van der Waals surface area contributed by atoms with E-state index >= 15 is 0 Å². The highest BCUT2D eigenvalue weighted by atomic mass is 35.5. The van der Waals surface area contributed by atoms with E-state index in [9.17, 15) is 9.59 Å². The molecule has 0 radical (unpaired) electrons. The Labute approximate surface area is 117 Å². The van der Waals surface area contributed by atoms with Crippen LogP contribution >= 0.6 is 11.6 Å². The predicted molar refractivity (Wildman–Crippen MR) is 72.5 cm³/mol. The molecule has 0 bridgehead atoms. The van der Waals surface area contributed by atoms with Crippen molar-refractivity contribution in [2.45, 2.75) is 32.2 Å². The Morgan fingerprint density at radius 3 is 2.63 bits per heavy atom. The van der Waals surface area contributed by atoms with Crippen LogP contribution in [0.4, 0.5) is 0 Å². The first-order chi connectivity index (χ1) is 8.99. The number of rotatable bonds is 5. The van der Waals surface area contributed by atoms with E-state index in [1.807, 2.05) is 13.0 Å². The zero-order valence-corrected chi connectivity index (χ0v) is 11.5. The number of carbonyl (C=O) groups is 2. The molecule has 0 unspecified atom stereocenters. The molecule has 1 aliphatic rings. The SMILES string of the molecule is Cc1ccc(C(=O)N(CCC(=O)O)C2CC2)c(Cl)c1. The number of carboxylic acids is 1. The summed E-state index contributed by atoms with van der Waals surface area (Å²) in [5, 5.41) is 9.17. The van der Waals surface area contributed by atoms with Crippen molar-refractivity contribution in [3.63, 3.8) is 0 Å². The third-order valence-electron chi connectivity index (χ3n) is 3.17. The predicted octanol–water partition coefficient (Wildman–Crippen LogP) is 2.73. The number of aryl methyl sites for hydroxylation is 1. The number of carboxylic acid groups (broad SMARTS) is 1. The second-order valence-corrected chi connectivity index (χ2v) is 5.26. The summed E-state index contributed by atoms with van der Waals surface area (Å²) in [6.07, 6.45) is 1.84. The third-order valence-corrected chi connectivity index (χ3v) is 3.48. The second-order valence-electron chi connectivity index (χ2n) is 4.86. The molecule has 102 valence electrons. The molecule has 0 aliphatic heterocycles. The van der Waals surface area contributed by atoms with Crippen molar-refractivity contribution >= 4 is 23.5 Å². The second kappa shape index (κ2) is 5.61. The van der Waals surface area contributed by atoms with E-state index in [1.165, 1.54) is 0 Å². The first kappa shape index (κ1) is 13.9. The fraction of sp³-hybridized carbons (Fsp3) is 0.429. The zero-order valence-electron chi connectivity index (χ0n) is 10.7. The fourth-order valence-corrected chi connectivity index (χ4v) is 2.32. The van der Waals surface area contributed by atoms with Gasteiger partial charge in [0.15, 0.2) is 0 Å². The minimum Gasteiger partial charge on any atom is -0.481 e. The minimum atomic E-state index is -0.895. The van der Waals surface area contributed by atoms with Gasteiger partial charge in [0.1, 0.15) is 0 Å². The standard InChI is InChI=1S/C14H16ClNO3/c1-9-2-5-11(12(15)8-9)14(19)16(10-3-4-10)7-6-13(17)18/h2,5,8,10H,3-4,6-7H2,1H3,(H,17,18). The highest BCUT2D eigenvalue weighted by Crippen LogP contribution is 2.30. The zero-order chi connectivity index (χ0) is 14.0. The van der Waals surface area contributed by atoms with Crippen molar-refractivity contribution in [3.8, 4) is 0 Å². The Morgan fingerprint density at radius 2 is 2.11 bits per heavy atom. The number of hydrogen-bond donors (Lipinski definition) is 1. The van der Waals surface area contributed by atoms with Crippen molar-refractivity contribution in [3.05, 3.63) is 34.3 Å². The summed E-state index contributed by atoms with van der Waals surface area (Å²) in [7, 11) is 0. The maximum Gasteiger partial charge on any atom is 0.305 e. The van der Waals surface area contributed by atoms with E-state index in [1.54, 1.807) is 17.0 Å². The van der Waals surface area contributed by atoms with Gasteiger partial charge in [0.25, 0.3) is 5.91 Å². The molecule has 1 N–H and O–H groups in total. The van der Waals surface area contributed by atoms with Crippen LogP contribution in [0.25, 0.3) is 0 Å². The van der Waals surface area contributed by atoms with Crippen molar-refractivity contribution < 1.29 is 14.7 Å². The fourth-order valence-electron chi connectivity index (χ4n) is 2.00. The number of carbonyl (C=O) groups excluding carboxylic acids is 1. The van der Waals surface area contributed by atoms with Gasteiger partial charge in [0.2, 0.25) is 0 Å². The van der Waals surface area contributed by atoms with Crippen LogP contribution in [0, 0.1) is 6.92 Å². The topological polar surface area (TPSA) is 57.6 Å². The van der Waals surface area contributed by atoms with E-state index in [2.05, 4.69) is 0 Å². The minimum absolute atomic E-state index is 0.0360. The van der Waals surface area contributed by atoms with Gasteiger partial charge in [-0.3, -0.25) is 9.59 Å². The lowest BCUT2D eigenvalue weighted by Crippen LogP contribution is -2.35. The maximum atomic E-state index is 12.4. The van der Waals surface area contributed by atoms with Crippen LogP contribution in [-0.2, 0) is 4.79 Å². The van der Waals surface area contributed by atoms with Crippen LogP contribution in [0.5, 0.6) is 0 Å². The summed E-state index contributed by atoms with van der Waals surface area (Å²) in [4.78, 5) is 24.7. The Balaban J connectivity index is 2.16. The van der Waals surface area contributed by atoms with Crippen LogP contribution < -0.4 is 0 Å². The molecule has 0 aromatic heterocycles. The summed E-state index contributed by atoms with van der Waals surface area (Å²) in [6.45, 7) is 2.15. The van der Waals surface area contributed by atoms with Crippen LogP contribution in [0.1, 0.15) is 35.2 Å². The molecule has 1 fully saturated rings. The summed E-state index contributed by atoms with van der Waals surface area (Å²) in [6, 6.07) is 5.46. The molecule has 0 spiro atoms. The number of hydrogen-bond acceptors (Lipinski definition) is 2. The molecule has 1 amide bonds. The Bertz CT molecular complexity index is 511. The van der Waals surface area contributed by atoms with Gasteiger partial charge in [-0.15, -0.1) is 0 Å². The van der Waals surface area contributed by atoms with E-state index in [4.69, 9.17) is 16.7 Å². The van der Waals surface area contributed by atoms with Crippen LogP contribution in [0.2, 0.25) is 5.02 Å². The molecule has 19 heavy (non-hydrogen) atoms. The first-order valence-corrected chi connectivity index (χ1v) is 6.65. The Hall–Kier alpha value is -1.55. The summed E-state index contributed by atoms with van der Waals surface area (Å²) >= 11 is 6.09. The molecule has 0 heterocycles. The van der Waals surface area contributed by atoms with Crippen LogP contribution in [0.15, 0.2) is 18.2 Å². The average molecular weight is 282 g/mol. The highest BCUT2D eigenvalue weighted by molar-refractivity contribution is 6.33. The lowest BCUT2D eigenvalue weighted by molar-refractivity contribution is -0.137. The Kier molecular flexibility index (Phi) is 4.10. The largest absolute Gasteiger partial charge is 0.481 e. The van der Waals surface area contributed by atoms with E-state index in [0.29, 0.717) is 10.6 Å². The van der Waals surface area contributed by atoms with Crippen LogP contribution in [-0.4, -0.2) is 34.5 Å². The molecule has 1 aliphatic carbocycles. The number of benzene rings is 1. The molecule has 1 aromatic rings. The van der Waals surface area contributed by atoms with Gasteiger partial charge in [-0.2, -0.15) is 0 Å². The molecule has 0 saturated heterocycles. The smallest absolute Gasteiger partial charge is 0.305 e. The lowest BCUT2D eigenvalue weighted by Gasteiger charge is -2.22. The summed E-state index contributed by atoms with van der Waals surface area (Å²) < 4.78 is 0. The van der Waals surface area contributed by atoms with E-state index < -0.39 is 5.97 Å². The molecular weight excluding hydrogens is 266 g/mol. The first-order valence-electron chi connectivity index (χ1n) is 6.28. The van der Waals surface area contributed by atoms with Gasteiger partial charge >= 0.3 is 5.97 Å². The van der Waals surface area contributed by atoms with Crippen LogP contribution in [0.3, 0.4) is 0 Å². The number of nitrogens with zero attached hydrogens (tertiary/aromatic N) is 1. The van der Waals surface area contributed by atoms with Crippen molar-refractivity contribution in [1.29, 1.82) is 0 Å². The average Bonchev–Trinajstić information content (AvgIpc) is 3.13. The van der Waals surface area contributed by atoms with Crippen molar-refractivity contribution in [2.75, 3.05) is 6.54 Å². The summed E-state index contributed by atoms with van der Waals surface area (Å²) in [5.41, 5.74) is 1.44. The highest BCUT2D eigenvalue weighted by Gasteiger charge is 2.33. The normalized spacial score (nSPS) is 14.2. The lowest BCUT2D eigenvalue weighted by atomic mass is 10.1. The molecule has 0 atom stereocenters. The molecule has 4 nitrogen and oxygen atoms in total. The monoisotopic (exact) mass is 281 g/mol. The molecule has 1 saturated carbocycles. The third kappa shape index (κ3) is 3.47. The van der Waals surface area contributed by atoms with Gasteiger partial charge in [-0.25, -0.2) is 0 Å². The molecule has 2 rings (SSSR count). The van der Waals surface area contributed by atoms with Gasteiger partial charge in [0.05, 0.1) is 17.0 Å². The van der Waals surface area contributed by atoms with Crippen molar-refractivity contribution in [2.24, 2.45) is 0 Å². The number of aliphatic carboxylic acids is 1. The number of halogens is 1. The van der Waals surface area contributed by atoms with Crippen molar-refractivity contribution in [1.82, 2.24) is 4.90 Å². The summed E-state index contributed by atoms with van der Waals surface area (Å²) in [5.74, 6) is -1.07. The van der Waals surface area contributed by atoms with Gasteiger partial charge < -0.3 is 10.0 Å². The Morgan fingerprint density at radius 1 is 1.42 bits per heavy atom. The quantitative estimate of drug-likeness (QED) is 0.903. The maximum absolute atomic E-state index is 12.4. The molecule has 1 aromatic carbocycles.